The van der Waals surface area contributed by atoms with Gasteiger partial charge in [-0.3, -0.25) is 0 Å². The maximum Gasteiger partial charge on any atom is 0.0991 e. The van der Waals surface area contributed by atoms with Crippen LogP contribution in [0.2, 0.25) is 0 Å². The third-order valence-corrected chi connectivity index (χ3v) is 4.08. The predicted octanol–water partition coefficient (Wildman–Crippen LogP) is 3.57. The van der Waals surface area contributed by atoms with Crippen molar-refractivity contribution in [3.05, 3.63) is 71.3 Å². The summed E-state index contributed by atoms with van der Waals surface area (Å²) in [6, 6.07) is 20.5. The van der Waals surface area contributed by atoms with Crippen LogP contribution in [0.25, 0.3) is 0 Å². The van der Waals surface area contributed by atoms with Gasteiger partial charge in [0.25, 0.3) is 0 Å². The highest BCUT2D eigenvalue weighted by atomic mass is 16.5. The molecule has 0 aliphatic carbocycles. The van der Waals surface area contributed by atoms with Gasteiger partial charge in [0.15, 0.2) is 0 Å². The number of nitrogens with zero attached hydrogens (tertiary/aromatic N) is 1. The van der Waals surface area contributed by atoms with Crippen LogP contribution in [-0.4, -0.2) is 12.6 Å². The molecule has 0 aromatic heterocycles. The third kappa shape index (κ3) is 3.54. The smallest absolute Gasteiger partial charge is 0.0991 e. The normalized spacial score (nSPS) is 21.2. The van der Waals surface area contributed by atoms with Crippen LogP contribution in [0.5, 0.6) is 0 Å². The van der Waals surface area contributed by atoms with Crippen molar-refractivity contribution in [2.75, 3.05) is 6.54 Å². The van der Waals surface area contributed by atoms with E-state index in [9.17, 15) is 0 Å². The van der Waals surface area contributed by atoms with Crippen LogP contribution in [0.1, 0.15) is 35.6 Å². The van der Waals surface area contributed by atoms with Gasteiger partial charge in [-0.15, -0.1) is 0 Å². The molecule has 1 aliphatic heterocycles. The minimum atomic E-state index is 0.168. The van der Waals surface area contributed by atoms with Gasteiger partial charge < -0.3 is 10.1 Å². The van der Waals surface area contributed by atoms with Gasteiger partial charge in [-0.05, 0) is 42.6 Å². The first-order valence-corrected chi connectivity index (χ1v) is 7.76. The summed E-state index contributed by atoms with van der Waals surface area (Å²) in [6.45, 7) is 1.58. The summed E-state index contributed by atoms with van der Waals surface area (Å²) >= 11 is 0. The Balaban J connectivity index is 1.68. The minimum Gasteiger partial charge on any atom is -0.372 e. The molecule has 1 saturated heterocycles. The molecule has 0 spiro atoms. The van der Waals surface area contributed by atoms with Crippen LogP contribution in [0.15, 0.2) is 54.6 Å². The van der Waals surface area contributed by atoms with Crippen molar-refractivity contribution in [3.63, 3.8) is 0 Å². The molecule has 0 saturated carbocycles. The standard InChI is InChI=1S/C19H20N2O/c20-13-15-6-4-7-16(12-15)14-22-18-10-5-11-21-19(18)17-8-2-1-3-9-17/h1-4,6-9,12,18-19,21H,5,10-11,14H2/t18-,19-/m0/s1. The van der Waals surface area contributed by atoms with Gasteiger partial charge in [0.05, 0.1) is 30.4 Å². The molecule has 0 unspecified atom stereocenters. The second kappa shape index (κ2) is 7.22. The lowest BCUT2D eigenvalue weighted by Gasteiger charge is -2.33. The minimum absolute atomic E-state index is 0.168. The van der Waals surface area contributed by atoms with Crippen molar-refractivity contribution in [2.24, 2.45) is 0 Å². The third-order valence-electron chi connectivity index (χ3n) is 4.08. The summed E-state index contributed by atoms with van der Waals surface area (Å²) in [5, 5.41) is 12.5. The first kappa shape index (κ1) is 14.8. The van der Waals surface area contributed by atoms with E-state index in [4.69, 9.17) is 10.00 Å². The average Bonchev–Trinajstić information content (AvgIpc) is 2.61. The highest BCUT2D eigenvalue weighted by Crippen LogP contribution is 2.26. The van der Waals surface area contributed by atoms with E-state index in [-0.39, 0.29) is 12.1 Å². The number of rotatable bonds is 4. The van der Waals surface area contributed by atoms with Crippen molar-refractivity contribution in [1.29, 1.82) is 5.26 Å². The zero-order valence-corrected chi connectivity index (χ0v) is 12.5. The number of benzene rings is 2. The summed E-state index contributed by atoms with van der Waals surface area (Å²) < 4.78 is 6.16. The maximum atomic E-state index is 8.97. The van der Waals surface area contributed by atoms with E-state index in [1.807, 2.05) is 30.3 Å². The highest BCUT2D eigenvalue weighted by Gasteiger charge is 2.26. The first-order valence-electron chi connectivity index (χ1n) is 7.76. The summed E-state index contributed by atoms with van der Waals surface area (Å²) in [6.07, 6.45) is 2.36. The molecule has 1 aliphatic rings. The molecule has 22 heavy (non-hydrogen) atoms. The number of piperidine rings is 1. The van der Waals surface area contributed by atoms with Crippen LogP contribution in [0, 0.1) is 11.3 Å². The van der Waals surface area contributed by atoms with Gasteiger partial charge in [0.1, 0.15) is 0 Å². The van der Waals surface area contributed by atoms with E-state index in [0.717, 1.165) is 24.9 Å². The Morgan fingerprint density at radius 2 is 2.00 bits per heavy atom. The van der Waals surface area contributed by atoms with Gasteiger partial charge >= 0.3 is 0 Å². The Kier molecular flexibility index (Phi) is 4.85. The zero-order valence-electron chi connectivity index (χ0n) is 12.5. The number of nitrogens with one attached hydrogen (secondary N) is 1. The largest absolute Gasteiger partial charge is 0.372 e. The quantitative estimate of drug-likeness (QED) is 0.937. The average molecular weight is 292 g/mol. The fourth-order valence-corrected chi connectivity index (χ4v) is 2.97. The summed E-state index contributed by atoms with van der Waals surface area (Å²) in [5.74, 6) is 0. The molecular formula is C19H20N2O. The van der Waals surface area contributed by atoms with Crippen molar-refractivity contribution in [3.8, 4) is 6.07 Å². The molecule has 3 rings (SSSR count). The van der Waals surface area contributed by atoms with E-state index < -0.39 is 0 Å². The lowest BCUT2D eigenvalue weighted by molar-refractivity contribution is -0.00357. The number of hydrogen-bond donors (Lipinski definition) is 1. The monoisotopic (exact) mass is 292 g/mol. The fourth-order valence-electron chi connectivity index (χ4n) is 2.97. The Hall–Kier alpha value is -2.15. The van der Waals surface area contributed by atoms with E-state index in [2.05, 4.69) is 35.7 Å². The lowest BCUT2D eigenvalue weighted by atomic mass is 9.94. The molecule has 2 aromatic rings. The first-order chi connectivity index (χ1) is 10.9. The summed E-state index contributed by atoms with van der Waals surface area (Å²) in [7, 11) is 0. The molecule has 1 fully saturated rings. The predicted molar refractivity (Wildman–Crippen MR) is 86.2 cm³/mol. The lowest BCUT2D eigenvalue weighted by Crippen LogP contribution is -2.39. The van der Waals surface area contributed by atoms with E-state index in [1.54, 1.807) is 0 Å². The van der Waals surface area contributed by atoms with E-state index >= 15 is 0 Å². The number of hydrogen-bond acceptors (Lipinski definition) is 3. The van der Waals surface area contributed by atoms with Gasteiger partial charge in [0, 0.05) is 0 Å². The molecule has 0 bridgehead atoms. The molecule has 3 nitrogen and oxygen atoms in total. The molecule has 2 aromatic carbocycles. The Labute approximate surface area is 131 Å². The van der Waals surface area contributed by atoms with E-state index in [0.29, 0.717) is 12.2 Å². The topological polar surface area (TPSA) is 45.0 Å². The summed E-state index contributed by atoms with van der Waals surface area (Å²) in [5.41, 5.74) is 3.01. The van der Waals surface area contributed by atoms with Gasteiger partial charge in [-0.1, -0.05) is 42.5 Å². The molecular weight excluding hydrogens is 272 g/mol. The van der Waals surface area contributed by atoms with Crippen molar-refractivity contribution in [1.82, 2.24) is 5.32 Å². The SMILES string of the molecule is N#Cc1cccc(CO[C@H]2CCCN[C@H]2c2ccccc2)c1. The zero-order chi connectivity index (χ0) is 15.2. The van der Waals surface area contributed by atoms with E-state index in [1.165, 1.54) is 5.56 Å². The Morgan fingerprint density at radius 1 is 1.14 bits per heavy atom. The molecule has 112 valence electrons. The molecule has 0 amide bonds. The molecule has 2 atom stereocenters. The number of ether oxygens (including phenoxy) is 1. The molecule has 3 heteroatoms. The molecule has 1 heterocycles. The summed E-state index contributed by atoms with van der Waals surface area (Å²) in [4.78, 5) is 0. The van der Waals surface area contributed by atoms with Gasteiger partial charge in [-0.25, -0.2) is 0 Å². The second-order valence-corrected chi connectivity index (χ2v) is 5.65. The molecule has 1 N–H and O–H groups in total. The van der Waals surface area contributed by atoms with Gasteiger partial charge in [-0.2, -0.15) is 5.26 Å². The van der Waals surface area contributed by atoms with Crippen LogP contribution in [0.4, 0.5) is 0 Å². The van der Waals surface area contributed by atoms with Crippen molar-refractivity contribution < 1.29 is 4.74 Å². The van der Waals surface area contributed by atoms with Crippen LogP contribution in [-0.2, 0) is 11.3 Å². The molecule has 0 radical (unpaired) electrons. The highest BCUT2D eigenvalue weighted by molar-refractivity contribution is 5.32. The number of nitriles is 1. The van der Waals surface area contributed by atoms with Crippen molar-refractivity contribution >= 4 is 0 Å². The Bertz CT molecular complexity index is 648. The van der Waals surface area contributed by atoms with Crippen LogP contribution < -0.4 is 5.32 Å². The maximum absolute atomic E-state index is 8.97. The van der Waals surface area contributed by atoms with Gasteiger partial charge in [0.2, 0.25) is 0 Å². The fraction of sp³-hybridized carbons (Fsp3) is 0.316. The van der Waals surface area contributed by atoms with Crippen molar-refractivity contribution in [2.45, 2.75) is 31.6 Å². The van der Waals surface area contributed by atoms with Crippen LogP contribution in [0.3, 0.4) is 0 Å². The Morgan fingerprint density at radius 3 is 2.82 bits per heavy atom. The van der Waals surface area contributed by atoms with Crippen LogP contribution >= 0.6 is 0 Å². The second-order valence-electron chi connectivity index (χ2n) is 5.65.